The lowest BCUT2D eigenvalue weighted by atomic mass is 10.1. The number of hydrogen-bond acceptors (Lipinski definition) is 2. The Bertz CT molecular complexity index is 988. The van der Waals surface area contributed by atoms with E-state index in [-0.39, 0.29) is 0 Å². The van der Waals surface area contributed by atoms with Crippen LogP contribution in [0.3, 0.4) is 0 Å². The molecule has 3 aromatic rings. The molecule has 0 saturated heterocycles. The van der Waals surface area contributed by atoms with Crippen molar-refractivity contribution in [1.82, 2.24) is 0 Å². The standard InChI is InChI=1S/C21H16ClNO3S/c22-21(24)14-9-16-5-4-8-20(15-16)23(27(25)26)19-12-10-18(11-13-19)17-6-2-1-3-7-17/h1-15H,(H,25,26). The number of anilines is 2. The van der Waals surface area contributed by atoms with Gasteiger partial charge in [-0.1, -0.05) is 60.7 Å². The maximum atomic E-state index is 12.0. The quantitative estimate of drug-likeness (QED) is 0.344. The summed E-state index contributed by atoms with van der Waals surface area (Å²) in [7, 11) is 0. The molecule has 4 nitrogen and oxygen atoms in total. The molecule has 0 radical (unpaired) electrons. The first-order valence-electron chi connectivity index (χ1n) is 8.09. The van der Waals surface area contributed by atoms with E-state index in [1.54, 1.807) is 42.5 Å². The highest BCUT2D eigenvalue weighted by Gasteiger charge is 2.15. The van der Waals surface area contributed by atoms with E-state index in [1.165, 1.54) is 10.4 Å². The molecule has 27 heavy (non-hydrogen) atoms. The van der Waals surface area contributed by atoms with E-state index in [0.717, 1.165) is 11.1 Å². The van der Waals surface area contributed by atoms with Gasteiger partial charge in [0.15, 0.2) is 0 Å². The fraction of sp³-hybridized carbons (Fsp3) is 0. The van der Waals surface area contributed by atoms with E-state index in [9.17, 15) is 13.6 Å². The van der Waals surface area contributed by atoms with Gasteiger partial charge in [0.1, 0.15) is 0 Å². The predicted molar refractivity (Wildman–Crippen MR) is 111 cm³/mol. The van der Waals surface area contributed by atoms with E-state index in [2.05, 4.69) is 0 Å². The molecule has 0 spiro atoms. The smallest absolute Gasteiger partial charge is 0.266 e. The first-order valence-corrected chi connectivity index (χ1v) is 9.53. The highest BCUT2D eigenvalue weighted by atomic mass is 35.5. The fourth-order valence-corrected chi connectivity index (χ4v) is 3.32. The molecule has 1 atom stereocenters. The summed E-state index contributed by atoms with van der Waals surface area (Å²) in [5, 5.41) is -0.584. The summed E-state index contributed by atoms with van der Waals surface area (Å²) in [6, 6.07) is 24.2. The van der Waals surface area contributed by atoms with Gasteiger partial charge < -0.3 is 0 Å². The van der Waals surface area contributed by atoms with Crippen LogP contribution in [0.1, 0.15) is 5.56 Å². The maximum absolute atomic E-state index is 12.0. The molecule has 0 aliphatic heterocycles. The molecule has 136 valence electrons. The van der Waals surface area contributed by atoms with Crippen LogP contribution < -0.4 is 4.31 Å². The Balaban J connectivity index is 1.93. The molecule has 0 fully saturated rings. The monoisotopic (exact) mass is 397 g/mol. The zero-order chi connectivity index (χ0) is 19.2. The minimum absolute atomic E-state index is 0.521. The first-order chi connectivity index (χ1) is 13.0. The maximum Gasteiger partial charge on any atom is 0.266 e. The topological polar surface area (TPSA) is 57.6 Å². The Hall–Kier alpha value is -2.73. The van der Waals surface area contributed by atoms with E-state index < -0.39 is 16.5 Å². The molecule has 0 aliphatic rings. The lowest BCUT2D eigenvalue weighted by molar-refractivity contribution is -0.107. The van der Waals surface area contributed by atoms with Crippen LogP contribution in [-0.2, 0) is 16.1 Å². The van der Waals surface area contributed by atoms with Gasteiger partial charge >= 0.3 is 0 Å². The summed E-state index contributed by atoms with van der Waals surface area (Å²) < 4.78 is 23.1. The molecule has 3 aromatic carbocycles. The van der Waals surface area contributed by atoms with Gasteiger partial charge in [0.25, 0.3) is 11.3 Å². The van der Waals surface area contributed by atoms with Crippen molar-refractivity contribution >= 4 is 45.6 Å². The van der Waals surface area contributed by atoms with Crippen LogP contribution in [0.15, 0.2) is 84.9 Å². The average molecular weight is 398 g/mol. The van der Waals surface area contributed by atoms with Crippen LogP contribution in [-0.4, -0.2) is 14.0 Å². The van der Waals surface area contributed by atoms with E-state index in [0.29, 0.717) is 16.9 Å². The third-order valence-corrected chi connectivity index (χ3v) is 4.74. The molecule has 0 saturated carbocycles. The highest BCUT2D eigenvalue weighted by Crippen LogP contribution is 2.30. The second-order valence-corrected chi connectivity index (χ2v) is 6.87. The Labute approximate surface area is 165 Å². The van der Waals surface area contributed by atoms with Gasteiger partial charge in [-0.2, -0.15) is 0 Å². The van der Waals surface area contributed by atoms with Crippen molar-refractivity contribution in [2.75, 3.05) is 4.31 Å². The minimum Gasteiger partial charge on any atom is -0.289 e. The number of nitrogens with zero attached hydrogens (tertiary/aromatic N) is 1. The normalized spacial score (nSPS) is 12.1. The summed E-state index contributed by atoms with van der Waals surface area (Å²) in [5.41, 5.74) is 3.87. The van der Waals surface area contributed by atoms with E-state index in [1.807, 2.05) is 42.5 Å². The van der Waals surface area contributed by atoms with E-state index >= 15 is 0 Å². The van der Waals surface area contributed by atoms with Crippen LogP contribution in [0.5, 0.6) is 0 Å². The molecule has 0 amide bonds. The average Bonchev–Trinajstić information content (AvgIpc) is 2.68. The zero-order valence-electron chi connectivity index (χ0n) is 14.2. The van der Waals surface area contributed by atoms with Crippen LogP contribution in [0.4, 0.5) is 11.4 Å². The Kier molecular flexibility index (Phi) is 6.19. The Morgan fingerprint density at radius 3 is 2.19 bits per heavy atom. The third kappa shape index (κ3) is 4.92. The molecule has 0 aliphatic carbocycles. The summed E-state index contributed by atoms with van der Waals surface area (Å²) in [6.45, 7) is 0. The number of carbonyl (C=O) groups excluding carboxylic acids is 1. The van der Waals surface area contributed by atoms with Crippen molar-refractivity contribution in [2.45, 2.75) is 0 Å². The summed E-state index contributed by atoms with van der Waals surface area (Å²) >= 11 is 3.06. The lowest BCUT2D eigenvalue weighted by Gasteiger charge is -2.20. The van der Waals surface area contributed by atoms with Crippen molar-refractivity contribution in [2.24, 2.45) is 0 Å². The molecule has 0 heterocycles. The Morgan fingerprint density at radius 1 is 0.889 bits per heavy atom. The van der Waals surface area contributed by atoms with Gasteiger partial charge in [0.05, 0.1) is 11.4 Å². The summed E-state index contributed by atoms with van der Waals surface area (Å²) in [5.74, 6) is 0. The molecule has 0 bridgehead atoms. The molecule has 0 aromatic heterocycles. The van der Waals surface area contributed by atoms with Crippen LogP contribution in [0, 0.1) is 0 Å². The van der Waals surface area contributed by atoms with Crippen molar-refractivity contribution in [3.8, 4) is 11.1 Å². The number of benzene rings is 3. The predicted octanol–water partition coefficient (Wildman–Crippen LogP) is 5.41. The summed E-state index contributed by atoms with van der Waals surface area (Å²) in [4.78, 5) is 10.9. The Morgan fingerprint density at radius 2 is 1.56 bits per heavy atom. The first kappa shape index (κ1) is 19.0. The second-order valence-electron chi connectivity index (χ2n) is 5.67. The molecule has 1 unspecified atom stereocenters. The van der Waals surface area contributed by atoms with Crippen molar-refractivity contribution in [1.29, 1.82) is 0 Å². The van der Waals surface area contributed by atoms with Crippen molar-refractivity contribution in [3.63, 3.8) is 0 Å². The van der Waals surface area contributed by atoms with Crippen molar-refractivity contribution < 1.29 is 13.6 Å². The molecular formula is C21H16ClNO3S. The largest absolute Gasteiger partial charge is 0.289 e. The SMILES string of the molecule is O=C(Cl)C=Cc1cccc(N(c2ccc(-c3ccccc3)cc2)S(=O)O)c1. The van der Waals surface area contributed by atoms with Gasteiger partial charge in [-0.15, -0.1) is 0 Å². The van der Waals surface area contributed by atoms with Gasteiger partial charge in [-0.3, -0.25) is 9.35 Å². The number of hydrogen-bond donors (Lipinski definition) is 1. The van der Waals surface area contributed by atoms with Crippen LogP contribution >= 0.6 is 11.6 Å². The number of carbonyl (C=O) groups is 1. The van der Waals surface area contributed by atoms with Crippen LogP contribution in [0.25, 0.3) is 17.2 Å². The lowest BCUT2D eigenvalue weighted by Crippen LogP contribution is -2.19. The van der Waals surface area contributed by atoms with E-state index in [4.69, 9.17) is 11.6 Å². The number of allylic oxidation sites excluding steroid dienone is 1. The zero-order valence-corrected chi connectivity index (χ0v) is 15.7. The van der Waals surface area contributed by atoms with Gasteiger partial charge in [-0.05, 0) is 58.6 Å². The second kappa shape index (κ2) is 8.77. The molecule has 3 rings (SSSR count). The molecular weight excluding hydrogens is 382 g/mol. The minimum atomic E-state index is -2.26. The third-order valence-electron chi connectivity index (χ3n) is 3.88. The fourth-order valence-electron chi connectivity index (χ4n) is 2.67. The van der Waals surface area contributed by atoms with Crippen LogP contribution in [0.2, 0.25) is 0 Å². The van der Waals surface area contributed by atoms with Gasteiger partial charge in [0, 0.05) is 0 Å². The van der Waals surface area contributed by atoms with Gasteiger partial charge in [0.2, 0.25) is 5.24 Å². The number of rotatable bonds is 6. The highest BCUT2D eigenvalue weighted by molar-refractivity contribution is 7.81. The molecule has 1 N–H and O–H groups in total. The molecule has 6 heteroatoms. The number of halogens is 1. The van der Waals surface area contributed by atoms with Crippen molar-refractivity contribution in [3.05, 3.63) is 90.5 Å². The van der Waals surface area contributed by atoms with Gasteiger partial charge in [-0.25, -0.2) is 8.51 Å². The summed E-state index contributed by atoms with van der Waals surface area (Å²) in [6.07, 6.45) is 2.78.